The molecule has 0 bridgehead atoms. The number of hydrogen-bond donors (Lipinski definition) is 2. The van der Waals surface area contributed by atoms with Gasteiger partial charge in [-0.15, -0.1) is 0 Å². The molecule has 0 aromatic carbocycles. The van der Waals surface area contributed by atoms with E-state index in [9.17, 15) is 14.4 Å². The molecule has 0 saturated heterocycles. The maximum atomic E-state index is 11.9. The number of aryl methyl sites for hydroxylation is 1. The minimum atomic E-state index is -0.937. The lowest BCUT2D eigenvalue weighted by Crippen LogP contribution is -2.11. The molecule has 1 rings (SSSR count). The highest BCUT2D eigenvalue weighted by Crippen LogP contribution is 2.23. The summed E-state index contributed by atoms with van der Waals surface area (Å²) in [5.41, 5.74) is 0.500. The van der Waals surface area contributed by atoms with Gasteiger partial charge in [-0.05, 0) is 19.3 Å². The zero-order valence-electron chi connectivity index (χ0n) is 12.8. The van der Waals surface area contributed by atoms with E-state index in [1.165, 1.54) is 0 Å². The fourth-order valence-corrected chi connectivity index (χ4v) is 2.41. The molecule has 0 aliphatic heterocycles. The van der Waals surface area contributed by atoms with E-state index in [1.807, 2.05) is 13.8 Å². The van der Waals surface area contributed by atoms with Crippen molar-refractivity contribution in [3.63, 3.8) is 0 Å². The number of carbonyl (C=O) groups excluding carboxylic acids is 2. The molecule has 0 fully saturated rings. The summed E-state index contributed by atoms with van der Waals surface area (Å²) in [6.07, 6.45) is 0.296. The van der Waals surface area contributed by atoms with Gasteiger partial charge in [0.05, 0.1) is 12.3 Å². The first-order valence-electron chi connectivity index (χ1n) is 6.95. The Balaban J connectivity index is 2.56. The highest BCUT2D eigenvalue weighted by Gasteiger charge is 2.18. The van der Waals surface area contributed by atoms with Crippen LogP contribution in [0.2, 0.25) is 0 Å². The minimum absolute atomic E-state index is 0.0584. The van der Waals surface area contributed by atoms with E-state index >= 15 is 0 Å². The molecule has 2 N–H and O–H groups in total. The van der Waals surface area contributed by atoms with Crippen molar-refractivity contribution in [2.45, 2.75) is 40.0 Å². The summed E-state index contributed by atoms with van der Waals surface area (Å²) in [5.74, 6) is -1.47. The highest BCUT2D eigenvalue weighted by molar-refractivity contribution is 7.17. The van der Waals surface area contributed by atoms with Crippen LogP contribution in [0.15, 0.2) is 0 Å². The maximum Gasteiger partial charge on any atom is 0.350 e. The first-order chi connectivity index (χ1) is 10.3. The molecule has 0 radical (unpaired) electrons. The van der Waals surface area contributed by atoms with Crippen LogP contribution in [0.4, 0.5) is 5.13 Å². The van der Waals surface area contributed by atoms with E-state index in [0.29, 0.717) is 22.3 Å². The number of nitrogens with zero attached hydrogens (tertiary/aromatic N) is 1. The van der Waals surface area contributed by atoms with Gasteiger partial charge in [0.2, 0.25) is 5.91 Å². The second-order valence-corrected chi connectivity index (χ2v) is 6.22. The lowest BCUT2D eigenvalue weighted by Gasteiger charge is -2.05. The van der Waals surface area contributed by atoms with Crippen LogP contribution in [0.25, 0.3) is 0 Å². The van der Waals surface area contributed by atoms with Gasteiger partial charge < -0.3 is 15.2 Å². The third-order valence-electron chi connectivity index (χ3n) is 2.57. The van der Waals surface area contributed by atoms with Crippen molar-refractivity contribution in [1.82, 2.24) is 4.98 Å². The van der Waals surface area contributed by atoms with Crippen LogP contribution >= 0.6 is 11.3 Å². The number of aromatic nitrogens is 1. The zero-order valence-corrected chi connectivity index (χ0v) is 13.7. The Bertz CT molecular complexity index is 553. The fraction of sp³-hybridized carbons (Fsp3) is 0.571. The Hall–Kier alpha value is -1.96. The third-order valence-corrected chi connectivity index (χ3v) is 3.62. The molecule has 1 heterocycles. The number of carboxylic acid groups (broad SMARTS) is 1. The standard InChI is InChI=1S/C14H20N2O5S/c1-8(2)7-21-13(20)12-9(3)15-14(22-12)16-10(17)5-4-6-11(18)19/h8H,4-7H2,1-3H3,(H,18,19)(H,15,16,17). The molecule has 0 aliphatic carbocycles. The van der Waals surface area contributed by atoms with Crippen LogP contribution in [-0.4, -0.2) is 34.5 Å². The van der Waals surface area contributed by atoms with Crippen molar-refractivity contribution in [1.29, 1.82) is 0 Å². The molecule has 0 spiro atoms. The molecular weight excluding hydrogens is 308 g/mol. The first kappa shape index (κ1) is 18.1. The number of esters is 1. The van der Waals surface area contributed by atoms with Gasteiger partial charge in [-0.25, -0.2) is 9.78 Å². The van der Waals surface area contributed by atoms with Crippen LogP contribution < -0.4 is 5.32 Å². The lowest BCUT2D eigenvalue weighted by molar-refractivity contribution is -0.137. The molecule has 1 aromatic heterocycles. The summed E-state index contributed by atoms with van der Waals surface area (Å²) in [6.45, 7) is 5.88. The molecule has 0 aliphatic rings. The van der Waals surface area contributed by atoms with Crippen molar-refractivity contribution < 1.29 is 24.2 Å². The molecule has 122 valence electrons. The molecule has 1 amide bonds. The lowest BCUT2D eigenvalue weighted by atomic mass is 10.2. The van der Waals surface area contributed by atoms with Crippen molar-refractivity contribution >= 4 is 34.3 Å². The fourth-order valence-electron chi connectivity index (χ4n) is 1.53. The van der Waals surface area contributed by atoms with Gasteiger partial charge in [0.15, 0.2) is 5.13 Å². The number of nitrogens with one attached hydrogen (secondary N) is 1. The number of hydrogen-bond acceptors (Lipinski definition) is 6. The molecule has 0 saturated carbocycles. The summed E-state index contributed by atoms with van der Waals surface area (Å²) < 4.78 is 5.13. The van der Waals surface area contributed by atoms with E-state index in [0.717, 1.165) is 11.3 Å². The number of amides is 1. The molecule has 8 heteroatoms. The van der Waals surface area contributed by atoms with Gasteiger partial charge in [-0.3, -0.25) is 9.59 Å². The summed E-state index contributed by atoms with van der Waals surface area (Å²) in [6, 6.07) is 0. The van der Waals surface area contributed by atoms with Gasteiger partial charge in [0.1, 0.15) is 4.88 Å². The average Bonchev–Trinajstić information content (AvgIpc) is 2.76. The second kappa shape index (κ2) is 8.47. The number of anilines is 1. The Morgan fingerprint density at radius 3 is 2.59 bits per heavy atom. The quantitative estimate of drug-likeness (QED) is 0.710. The molecule has 22 heavy (non-hydrogen) atoms. The Kier molecular flexibility index (Phi) is 6.97. The van der Waals surface area contributed by atoms with Crippen molar-refractivity contribution in [2.75, 3.05) is 11.9 Å². The molecule has 0 atom stereocenters. The van der Waals surface area contributed by atoms with Gasteiger partial charge in [0.25, 0.3) is 0 Å². The number of thiazole rings is 1. The van der Waals surface area contributed by atoms with Crippen LogP contribution in [0.1, 0.15) is 48.5 Å². The topological polar surface area (TPSA) is 106 Å². The Morgan fingerprint density at radius 2 is 2.00 bits per heavy atom. The van der Waals surface area contributed by atoms with E-state index in [2.05, 4.69) is 10.3 Å². The van der Waals surface area contributed by atoms with E-state index in [-0.39, 0.29) is 31.1 Å². The molecular formula is C14H20N2O5S. The van der Waals surface area contributed by atoms with Crippen LogP contribution in [0, 0.1) is 12.8 Å². The van der Waals surface area contributed by atoms with Gasteiger partial charge >= 0.3 is 11.9 Å². The summed E-state index contributed by atoms with van der Waals surface area (Å²) in [5, 5.41) is 11.4. The first-order valence-corrected chi connectivity index (χ1v) is 7.77. The van der Waals surface area contributed by atoms with Gasteiger partial charge in [-0.1, -0.05) is 25.2 Å². The van der Waals surface area contributed by atoms with E-state index < -0.39 is 11.9 Å². The predicted octanol–water partition coefficient (Wildman–Crippen LogP) is 2.46. The molecule has 0 unspecified atom stereocenters. The Labute approximate surface area is 132 Å². The highest BCUT2D eigenvalue weighted by atomic mass is 32.1. The zero-order chi connectivity index (χ0) is 16.7. The average molecular weight is 328 g/mol. The van der Waals surface area contributed by atoms with Crippen LogP contribution in [0.3, 0.4) is 0 Å². The molecule has 1 aromatic rings. The van der Waals surface area contributed by atoms with Crippen molar-refractivity contribution in [3.05, 3.63) is 10.6 Å². The number of rotatable bonds is 8. The SMILES string of the molecule is Cc1nc(NC(=O)CCCC(=O)O)sc1C(=O)OCC(C)C. The minimum Gasteiger partial charge on any atom is -0.481 e. The maximum absolute atomic E-state index is 11.9. The molecule has 7 nitrogen and oxygen atoms in total. The number of carbonyl (C=O) groups is 3. The van der Waals surface area contributed by atoms with Crippen LogP contribution in [-0.2, 0) is 14.3 Å². The van der Waals surface area contributed by atoms with Crippen molar-refractivity contribution in [2.24, 2.45) is 5.92 Å². The number of aliphatic carboxylic acids is 1. The Morgan fingerprint density at radius 1 is 1.32 bits per heavy atom. The summed E-state index contributed by atoms with van der Waals surface area (Å²) in [4.78, 5) is 38.4. The number of ether oxygens (including phenoxy) is 1. The summed E-state index contributed by atoms with van der Waals surface area (Å²) >= 11 is 1.05. The monoisotopic (exact) mass is 328 g/mol. The summed E-state index contributed by atoms with van der Waals surface area (Å²) in [7, 11) is 0. The smallest absolute Gasteiger partial charge is 0.350 e. The second-order valence-electron chi connectivity index (χ2n) is 5.22. The third kappa shape index (κ3) is 6.21. The van der Waals surface area contributed by atoms with E-state index in [1.54, 1.807) is 6.92 Å². The normalized spacial score (nSPS) is 10.5. The van der Waals surface area contributed by atoms with Crippen LogP contribution in [0.5, 0.6) is 0 Å². The van der Waals surface area contributed by atoms with E-state index in [4.69, 9.17) is 9.84 Å². The van der Waals surface area contributed by atoms with Gasteiger partial charge in [-0.2, -0.15) is 0 Å². The predicted molar refractivity (Wildman–Crippen MR) is 82.1 cm³/mol. The van der Waals surface area contributed by atoms with Crippen molar-refractivity contribution in [3.8, 4) is 0 Å². The number of carboxylic acids is 1. The largest absolute Gasteiger partial charge is 0.481 e. The van der Waals surface area contributed by atoms with Gasteiger partial charge in [0, 0.05) is 12.8 Å².